The van der Waals surface area contributed by atoms with Crippen molar-refractivity contribution in [3.05, 3.63) is 32.8 Å². The van der Waals surface area contributed by atoms with E-state index in [9.17, 15) is 0 Å². The van der Waals surface area contributed by atoms with E-state index < -0.39 is 0 Å². The molecule has 0 aliphatic rings. The molecule has 5 heteroatoms. The zero-order chi connectivity index (χ0) is 12.0. The minimum atomic E-state index is 0.522. The van der Waals surface area contributed by atoms with E-state index in [1.807, 2.05) is 0 Å². The standard InChI is InChI=1S/C11H14Cl3NO/c1-16-6-2-5-15-7-8-9(12)3-4-10(13)11(8)14/h3-4,15H,2,5-7H2,1H3. The van der Waals surface area contributed by atoms with E-state index in [1.165, 1.54) is 0 Å². The van der Waals surface area contributed by atoms with Gasteiger partial charge in [0.25, 0.3) is 0 Å². The Morgan fingerprint density at radius 2 is 1.88 bits per heavy atom. The molecule has 2 nitrogen and oxygen atoms in total. The minimum Gasteiger partial charge on any atom is -0.385 e. The Balaban J connectivity index is 2.50. The third kappa shape index (κ3) is 4.11. The number of methoxy groups -OCH3 is 1. The van der Waals surface area contributed by atoms with Gasteiger partial charge in [0.2, 0.25) is 0 Å². The van der Waals surface area contributed by atoms with Crippen LogP contribution in [0.3, 0.4) is 0 Å². The summed E-state index contributed by atoms with van der Waals surface area (Å²) in [5.74, 6) is 0. The van der Waals surface area contributed by atoms with Gasteiger partial charge in [0.05, 0.1) is 10.0 Å². The van der Waals surface area contributed by atoms with Crippen LogP contribution in [0.5, 0.6) is 0 Å². The lowest BCUT2D eigenvalue weighted by Gasteiger charge is -2.09. The summed E-state index contributed by atoms with van der Waals surface area (Å²) in [7, 11) is 1.69. The van der Waals surface area contributed by atoms with E-state index in [4.69, 9.17) is 39.5 Å². The molecular formula is C11H14Cl3NO. The molecule has 0 spiro atoms. The van der Waals surface area contributed by atoms with Gasteiger partial charge in [-0.1, -0.05) is 34.8 Å². The van der Waals surface area contributed by atoms with E-state index in [1.54, 1.807) is 19.2 Å². The van der Waals surface area contributed by atoms with Crippen molar-refractivity contribution in [2.75, 3.05) is 20.3 Å². The largest absolute Gasteiger partial charge is 0.385 e. The average Bonchev–Trinajstić information content (AvgIpc) is 2.28. The summed E-state index contributed by atoms with van der Waals surface area (Å²) in [6, 6.07) is 3.45. The third-order valence-electron chi connectivity index (χ3n) is 2.14. The molecule has 0 aliphatic carbocycles. The van der Waals surface area contributed by atoms with Crippen LogP contribution in [-0.2, 0) is 11.3 Å². The quantitative estimate of drug-likeness (QED) is 0.633. The van der Waals surface area contributed by atoms with E-state index in [0.717, 1.165) is 25.1 Å². The SMILES string of the molecule is COCCCNCc1c(Cl)ccc(Cl)c1Cl. The Morgan fingerprint density at radius 1 is 1.19 bits per heavy atom. The maximum absolute atomic E-state index is 6.06. The first-order valence-corrected chi connectivity index (χ1v) is 6.12. The maximum Gasteiger partial charge on any atom is 0.0652 e. The van der Waals surface area contributed by atoms with Crippen LogP contribution in [0.2, 0.25) is 15.1 Å². The second-order valence-corrected chi connectivity index (χ2v) is 4.54. The molecule has 90 valence electrons. The van der Waals surface area contributed by atoms with Crippen molar-refractivity contribution in [2.24, 2.45) is 0 Å². The van der Waals surface area contributed by atoms with Gasteiger partial charge in [0.15, 0.2) is 0 Å². The van der Waals surface area contributed by atoms with Crippen LogP contribution in [0.1, 0.15) is 12.0 Å². The van der Waals surface area contributed by atoms with Gasteiger partial charge in [-0.2, -0.15) is 0 Å². The fourth-order valence-corrected chi connectivity index (χ4v) is 1.97. The van der Waals surface area contributed by atoms with Crippen LogP contribution in [0, 0.1) is 0 Å². The lowest BCUT2D eigenvalue weighted by Crippen LogP contribution is -2.16. The van der Waals surface area contributed by atoms with Gasteiger partial charge in [0.1, 0.15) is 0 Å². The molecule has 0 radical (unpaired) electrons. The van der Waals surface area contributed by atoms with E-state index in [2.05, 4.69) is 5.32 Å². The first kappa shape index (κ1) is 14.1. The summed E-state index contributed by atoms with van der Waals surface area (Å²) in [6.07, 6.45) is 0.951. The second-order valence-electron chi connectivity index (χ2n) is 3.34. The molecule has 1 N–H and O–H groups in total. The van der Waals surface area contributed by atoms with Crippen molar-refractivity contribution < 1.29 is 4.74 Å². The molecule has 1 rings (SSSR count). The number of halogens is 3. The normalized spacial score (nSPS) is 10.8. The maximum atomic E-state index is 6.06. The first-order chi connectivity index (χ1) is 7.66. The van der Waals surface area contributed by atoms with Crippen molar-refractivity contribution in [2.45, 2.75) is 13.0 Å². The van der Waals surface area contributed by atoms with Crippen LogP contribution >= 0.6 is 34.8 Å². The van der Waals surface area contributed by atoms with Gasteiger partial charge in [-0.3, -0.25) is 0 Å². The van der Waals surface area contributed by atoms with Crippen LogP contribution < -0.4 is 5.32 Å². The van der Waals surface area contributed by atoms with E-state index >= 15 is 0 Å². The average molecular weight is 283 g/mol. The van der Waals surface area contributed by atoms with E-state index in [-0.39, 0.29) is 0 Å². The monoisotopic (exact) mass is 281 g/mol. The fraction of sp³-hybridized carbons (Fsp3) is 0.455. The Kier molecular flexibility index (Phi) is 6.47. The van der Waals surface area contributed by atoms with Gasteiger partial charge < -0.3 is 10.1 Å². The molecule has 0 aromatic heterocycles. The van der Waals surface area contributed by atoms with Crippen molar-refractivity contribution >= 4 is 34.8 Å². The number of hydrogen-bond acceptors (Lipinski definition) is 2. The van der Waals surface area contributed by atoms with Gasteiger partial charge >= 0.3 is 0 Å². The summed E-state index contributed by atoms with van der Waals surface area (Å²) in [6.45, 7) is 2.21. The molecule has 1 aromatic rings. The Morgan fingerprint density at radius 3 is 2.56 bits per heavy atom. The van der Waals surface area contributed by atoms with Gasteiger partial charge in [-0.15, -0.1) is 0 Å². The summed E-state index contributed by atoms with van der Waals surface area (Å²) < 4.78 is 4.95. The molecule has 16 heavy (non-hydrogen) atoms. The fourth-order valence-electron chi connectivity index (χ4n) is 1.29. The van der Waals surface area contributed by atoms with Crippen molar-refractivity contribution in [1.82, 2.24) is 5.32 Å². The van der Waals surface area contributed by atoms with Crippen LogP contribution in [0.4, 0.5) is 0 Å². The van der Waals surface area contributed by atoms with Crippen molar-refractivity contribution in [3.63, 3.8) is 0 Å². The Bertz CT molecular complexity index is 344. The number of hydrogen-bond donors (Lipinski definition) is 1. The predicted molar refractivity (Wildman–Crippen MR) is 69.7 cm³/mol. The molecular weight excluding hydrogens is 268 g/mol. The topological polar surface area (TPSA) is 21.3 Å². The number of rotatable bonds is 6. The summed E-state index contributed by atoms with van der Waals surface area (Å²) in [5, 5.41) is 4.92. The summed E-state index contributed by atoms with van der Waals surface area (Å²) in [5.41, 5.74) is 0.841. The highest BCUT2D eigenvalue weighted by Gasteiger charge is 2.08. The van der Waals surface area contributed by atoms with Gasteiger partial charge in [-0.25, -0.2) is 0 Å². The molecule has 0 unspecified atom stereocenters. The molecule has 0 saturated heterocycles. The minimum absolute atomic E-state index is 0.522. The zero-order valence-electron chi connectivity index (χ0n) is 9.03. The van der Waals surface area contributed by atoms with Crippen LogP contribution in [-0.4, -0.2) is 20.3 Å². The molecule has 0 atom stereocenters. The summed E-state index contributed by atoms with van der Waals surface area (Å²) in [4.78, 5) is 0. The predicted octanol–water partition coefficient (Wildman–Crippen LogP) is 3.77. The zero-order valence-corrected chi connectivity index (χ0v) is 11.3. The van der Waals surface area contributed by atoms with Gasteiger partial charge in [-0.05, 0) is 25.1 Å². The molecule has 0 fully saturated rings. The lowest BCUT2D eigenvalue weighted by molar-refractivity contribution is 0.194. The van der Waals surface area contributed by atoms with Crippen molar-refractivity contribution in [3.8, 4) is 0 Å². The van der Waals surface area contributed by atoms with Crippen molar-refractivity contribution in [1.29, 1.82) is 0 Å². The highest BCUT2D eigenvalue weighted by atomic mass is 35.5. The van der Waals surface area contributed by atoms with E-state index in [0.29, 0.717) is 21.6 Å². The second kappa shape index (κ2) is 7.36. The van der Waals surface area contributed by atoms with Gasteiger partial charge in [0, 0.05) is 30.8 Å². The number of nitrogens with one attached hydrogen (secondary N) is 1. The van der Waals surface area contributed by atoms with Crippen LogP contribution in [0.25, 0.3) is 0 Å². The highest BCUT2D eigenvalue weighted by Crippen LogP contribution is 2.31. The summed E-state index contributed by atoms with van der Waals surface area (Å²) >= 11 is 18.0. The molecule has 0 heterocycles. The number of ether oxygens (including phenoxy) is 1. The Hall–Kier alpha value is 0.01000. The lowest BCUT2D eigenvalue weighted by atomic mass is 10.2. The molecule has 0 amide bonds. The smallest absolute Gasteiger partial charge is 0.0652 e. The Labute approximate surface area is 111 Å². The first-order valence-electron chi connectivity index (χ1n) is 4.99. The molecule has 0 aliphatic heterocycles. The third-order valence-corrected chi connectivity index (χ3v) is 3.34. The number of benzene rings is 1. The molecule has 1 aromatic carbocycles. The highest BCUT2D eigenvalue weighted by molar-refractivity contribution is 6.44. The van der Waals surface area contributed by atoms with Crippen LogP contribution in [0.15, 0.2) is 12.1 Å². The molecule has 0 bridgehead atoms. The molecule has 0 saturated carbocycles.